The number of carboxylic acids is 1. The van der Waals surface area contributed by atoms with Crippen LogP contribution in [0.25, 0.3) is 10.9 Å². The number of halogens is 3. The number of nitrogens with two attached hydrogens (primary N) is 1. The Balaban J connectivity index is 0.00000225. The van der Waals surface area contributed by atoms with Crippen LogP contribution in [0, 0.1) is 17.6 Å². The Labute approximate surface area is 165 Å². The molecule has 2 aliphatic rings. The Morgan fingerprint density at radius 2 is 2.00 bits per heavy atom. The van der Waals surface area contributed by atoms with Crippen LogP contribution in [0.3, 0.4) is 0 Å². The second kappa shape index (κ2) is 7.31. The van der Waals surface area contributed by atoms with Gasteiger partial charge in [0.25, 0.3) is 0 Å². The van der Waals surface area contributed by atoms with Gasteiger partial charge >= 0.3 is 5.97 Å². The fraction of sp³-hybridized carbons (Fsp3) is 0.444. The molecule has 3 N–H and O–H groups in total. The number of aromatic carboxylic acids is 1. The summed E-state index contributed by atoms with van der Waals surface area (Å²) in [6.07, 6.45) is 1.11. The number of carbonyl (C=O) groups is 1. The SMILES string of the molecule is C[C@@H]1CN(c2c(F)cc3c(=O)c(C(=O)O)cn(C4COC4)c3c2F)C[C@@H]1N.Cl. The highest BCUT2D eigenvalue weighted by Crippen LogP contribution is 2.34. The largest absolute Gasteiger partial charge is 0.477 e. The van der Waals surface area contributed by atoms with Crippen molar-refractivity contribution in [2.45, 2.75) is 19.0 Å². The third kappa shape index (κ3) is 3.03. The summed E-state index contributed by atoms with van der Waals surface area (Å²) in [7, 11) is 0. The lowest BCUT2D eigenvalue weighted by atomic mass is 10.1. The van der Waals surface area contributed by atoms with E-state index in [2.05, 4.69) is 0 Å². The molecular weight excluding hydrogens is 396 g/mol. The van der Waals surface area contributed by atoms with Crippen molar-refractivity contribution in [3.05, 3.63) is 39.7 Å². The zero-order chi connectivity index (χ0) is 19.5. The number of ether oxygens (including phenoxy) is 1. The predicted molar refractivity (Wildman–Crippen MR) is 102 cm³/mol. The topological polar surface area (TPSA) is 97.8 Å². The maximum atomic E-state index is 15.5. The van der Waals surface area contributed by atoms with E-state index < -0.39 is 28.6 Å². The lowest BCUT2D eigenvalue weighted by Crippen LogP contribution is -2.34. The molecule has 0 unspecified atom stereocenters. The Morgan fingerprint density at radius 1 is 1.32 bits per heavy atom. The molecule has 4 rings (SSSR count). The van der Waals surface area contributed by atoms with Crippen molar-refractivity contribution in [1.29, 1.82) is 0 Å². The van der Waals surface area contributed by atoms with Gasteiger partial charge in [-0.05, 0) is 12.0 Å². The van der Waals surface area contributed by atoms with E-state index in [4.69, 9.17) is 10.5 Å². The maximum absolute atomic E-state index is 15.5. The molecule has 2 saturated heterocycles. The van der Waals surface area contributed by atoms with Gasteiger partial charge in [-0.1, -0.05) is 6.92 Å². The number of rotatable bonds is 3. The minimum atomic E-state index is -1.44. The van der Waals surface area contributed by atoms with Crippen molar-refractivity contribution in [3.63, 3.8) is 0 Å². The zero-order valence-electron chi connectivity index (χ0n) is 15.0. The Hall–Kier alpha value is -2.23. The van der Waals surface area contributed by atoms with Crippen LogP contribution in [-0.4, -0.2) is 48.0 Å². The number of nitrogens with zero attached hydrogens (tertiary/aromatic N) is 2. The van der Waals surface area contributed by atoms with Gasteiger partial charge < -0.3 is 25.0 Å². The average Bonchev–Trinajstić information content (AvgIpc) is 2.86. The average molecular weight is 416 g/mol. The van der Waals surface area contributed by atoms with Crippen LogP contribution in [0.1, 0.15) is 23.3 Å². The molecular formula is C18H20ClF2N3O4. The molecule has 2 aliphatic heterocycles. The van der Waals surface area contributed by atoms with Crippen LogP contribution in [0.2, 0.25) is 0 Å². The van der Waals surface area contributed by atoms with Crippen molar-refractivity contribution in [2.75, 3.05) is 31.2 Å². The van der Waals surface area contributed by atoms with E-state index in [-0.39, 0.29) is 60.2 Å². The number of pyridine rings is 1. The van der Waals surface area contributed by atoms with E-state index in [1.54, 1.807) is 0 Å². The van der Waals surface area contributed by atoms with Crippen molar-refractivity contribution in [3.8, 4) is 0 Å². The molecule has 7 nitrogen and oxygen atoms in total. The summed E-state index contributed by atoms with van der Waals surface area (Å²) in [5, 5.41) is 9.00. The maximum Gasteiger partial charge on any atom is 0.341 e. The predicted octanol–water partition coefficient (Wildman–Crippen LogP) is 1.75. The molecule has 2 atom stereocenters. The first kappa shape index (κ1) is 20.5. The lowest BCUT2D eigenvalue weighted by Gasteiger charge is -2.31. The molecule has 0 spiro atoms. The van der Waals surface area contributed by atoms with Crippen LogP contribution < -0.4 is 16.1 Å². The minimum absolute atomic E-state index is 0. The van der Waals surface area contributed by atoms with Gasteiger partial charge in [0, 0.05) is 25.3 Å². The molecule has 0 radical (unpaired) electrons. The second-order valence-electron chi connectivity index (χ2n) is 7.24. The van der Waals surface area contributed by atoms with Crippen LogP contribution in [0.5, 0.6) is 0 Å². The van der Waals surface area contributed by atoms with E-state index in [1.165, 1.54) is 9.47 Å². The van der Waals surface area contributed by atoms with Crippen molar-refractivity contribution >= 4 is 35.0 Å². The first-order valence-electron chi connectivity index (χ1n) is 8.68. The van der Waals surface area contributed by atoms with Gasteiger partial charge in [-0.2, -0.15) is 0 Å². The number of hydrogen-bond acceptors (Lipinski definition) is 5. The van der Waals surface area contributed by atoms with E-state index >= 15 is 4.39 Å². The molecule has 2 aromatic rings. The fourth-order valence-corrected chi connectivity index (χ4v) is 3.72. The van der Waals surface area contributed by atoms with Crippen LogP contribution in [0.4, 0.5) is 14.5 Å². The number of hydrogen-bond donors (Lipinski definition) is 2. The third-order valence-electron chi connectivity index (χ3n) is 5.41. The van der Waals surface area contributed by atoms with Gasteiger partial charge in [0.2, 0.25) is 5.43 Å². The van der Waals surface area contributed by atoms with E-state index in [0.717, 1.165) is 12.3 Å². The number of aromatic nitrogens is 1. The van der Waals surface area contributed by atoms with Gasteiger partial charge in [-0.3, -0.25) is 4.79 Å². The molecule has 0 bridgehead atoms. The molecule has 0 saturated carbocycles. The van der Waals surface area contributed by atoms with Gasteiger partial charge in [-0.25, -0.2) is 13.6 Å². The van der Waals surface area contributed by atoms with Crippen LogP contribution in [-0.2, 0) is 4.74 Å². The highest BCUT2D eigenvalue weighted by atomic mass is 35.5. The molecule has 1 aromatic heterocycles. The zero-order valence-corrected chi connectivity index (χ0v) is 15.8. The van der Waals surface area contributed by atoms with Crippen LogP contribution >= 0.6 is 12.4 Å². The second-order valence-corrected chi connectivity index (χ2v) is 7.24. The van der Waals surface area contributed by atoms with Gasteiger partial charge in [-0.15, -0.1) is 12.4 Å². The monoisotopic (exact) mass is 415 g/mol. The first-order valence-corrected chi connectivity index (χ1v) is 8.68. The number of anilines is 1. The summed E-state index contributed by atoms with van der Waals surface area (Å²) in [4.78, 5) is 25.4. The van der Waals surface area contributed by atoms with Gasteiger partial charge in [0.1, 0.15) is 17.1 Å². The number of carboxylic acid groups (broad SMARTS) is 1. The Morgan fingerprint density at radius 3 is 2.50 bits per heavy atom. The van der Waals surface area contributed by atoms with E-state index in [9.17, 15) is 19.1 Å². The highest BCUT2D eigenvalue weighted by Gasteiger charge is 2.33. The fourth-order valence-electron chi connectivity index (χ4n) is 3.72. The normalized spacial score (nSPS) is 22.2. The first-order chi connectivity index (χ1) is 12.8. The van der Waals surface area contributed by atoms with Crippen LogP contribution in [0.15, 0.2) is 17.1 Å². The highest BCUT2D eigenvalue weighted by molar-refractivity contribution is 5.94. The van der Waals surface area contributed by atoms with Gasteiger partial charge in [0.15, 0.2) is 5.82 Å². The molecule has 0 aliphatic carbocycles. The molecule has 2 fully saturated rings. The Bertz CT molecular complexity index is 999. The van der Waals surface area contributed by atoms with Gasteiger partial charge in [0.05, 0.1) is 30.2 Å². The summed E-state index contributed by atoms with van der Waals surface area (Å²) < 4.78 is 36.7. The molecule has 152 valence electrons. The molecule has 1 aromatic carbocycles. The molecule has 0 amide bonds. The van der Waals surface area contributed by atoms with E-state index in [1.807, 2.05) is 6.92 Å². The molecule has 10 heteroatoms. The summed E-state index contributed by atoms with van der Waals surface area (Å²) in [6, 6.07) is 0.391. The summed E-state index contributed by atoms with van der Waals surface area (Å²) in [5.74, 6) is -3.17. The minimum Gasteiger partial charge on any atom is -0.477 e. The summed E-state index contributed by atoms with van der Waals surface area (Å²) in [6.45, 7) is 3.11. The standard InChI is InChI=1S/C18H19F2N3O4.ClH/c1-8-3-22(5-13(8)21)16-12(19)2-10-15(14(16)20)23(9-6-27-7-9)4-11(17(10)24)18(25)26;/h2,4,8-9,13H,3,5-7,21H2,1H3,(H,25,26);1H/t8-,13+;/m1./s1. The van der Waals surface area contributed by atoms with Crippen molar-refractivity contribution < 1.29 is 23.4 Å². The number of fused-ring (bicyclic) bond motifs is 1. The van der Waals surface area contributed by atoms with Crippen molar-refractivity contribution in [2.24, 2.45) is 11.7 Å². The molecule has 28 heavy (non-hydrogen) atoms. The molecule has 3 heterocycles. The summed E-state index contributed by atoms with van der Waals surface area (Å²) >= 11 is 0. The lowest BCUT2D eigenvalue weighted by molar-refractivity contribution is -0.0219. The smallest absolute Gasteiger partial charge is 0.341 e. The Kier molecular flexibility index (Phi) is 5.35. The summed E-state index contributed by atoms with van der Waals surface area (Å²) in [5.41, 5.74) is 4.19. The van der Waals surface area contributed by atoms with E-state index in [0.29, 0.717) is 13.1 Å². The third-order valence-corrected chi connectivity index (χ3v) is 5.41. The number of benzene rings is 1. The quantitative estimate of drug-likeness (QED) is 0.792. The van der Waals surface area contributed by atoms with Crippen molar-refractivity contribution in [1.82, 2.24) is 4.57 Å².